The zero-order valence-electron chi connectivity index (χ0n) is 21.9. The van der Waals surface area contributed by atoms with E-state index in [1.165, 1.54) is 52.3 Å². The number of non-ortho nitro benzene ring substituents is 1. The van der Waals surface area contributed by atoms with E-state index >= 15 is 0 Å². The van der Waals surface area contributed by atoms with Gasteiger partial charge in [-0.25, -0.2) is 9.78 Å². The SMILES string of the molecule is C[C@@H](O)[C@H]1C(=O)N2C(C(=O)OCc3ccc([N+](=O)[O-])cc3)=C(c3cn4cnc(SC[C@H](O)CN=[N+]=[N-])c4s3)[C@H](C)[C@H]12. The highest BCUT2D eigenvalue weighted by molar-refractivity contribution is 7.99. The van der Waals surface area contributed by atoms with Gasteiger partial charge in [0.2, 0.25) is 5.91 Å². The number of carbonyl (C=O) groups excluding carboxylic acids is 2. The predicted molar refractivity (Wildman–Crippen MR) is 149 cm³/mol. The summed E-state index contributed by atoms with van der Waals surface area (Å²) in [6.45, 7) is 3.25. The van der Waals surface area contributed by atoms with Crippen LogP contribution in [0.5, 0.6) is 0 Å². The Morgan fingerprint density at radius 2 is 2.10 bits per heavy atom. The highest BCUT2D eigenvalue weighted by atomic mass is 32.2. The van der Waals surface area contributed by atoms with Crippen molar-refractivity contribution in [2.45, 2.75) is 43.7 Å². The van der Waals surface area contributed by atoms with Gasteiger partial charge in [-0.3, -0.25) is 19.3 Å². The van der Waals surface area contributed by atoms with Gasteiger partial charge in [0.1, 0.15) is 28.5 Å². The molecule has 3 aromatic rings. The molecule has 0 saturated carbocycles. The average molecular weight is 600 g/mol. The summed E-state index contributed by atoms with van der Waals surface area (Å²) in [7, 11) is 0. The standard InChI is InChI=1S/C25H25N7O7S2/c1-12-18(17-8-30-11-27-22(24(30)41-17)40-10-16(34)7-28-29-26)21(31-20(12)19(13(2)33)23(31)35)25(36)39-9-14-3-5-15(6-4-14)32(37)38/h3-6,8,11-13,16,19-20,33-34H,7,9-10H2,1-2H3/t12-,13+,16+,19+,20+/m0/s1. The second kappa shape index (κ2) is 11.5. The van der Waals surface area contributed by atoms with Crippen molar-refractivity contribution in [3.63, 3.8) is 0 Å². The van der Waals surface area contributed by atoms with E-state index in [9.17, 15) is 29.9 Å². The van der Waals surface area contributed by atoms with Crippen molar-refractivity contribution in [2.75, 3.05) is 12.3 Å². The molecule has 0 unspecified atom stereocenters. The summed E-state index contributed by atoms with van der Waals surface area (Å²) in [5.41, 5.74) is 9.65. The maximum absolute atomic E-state index is 13.5. The number of ether oxygens (including phenoxy) is 1. The van der Waals surface area contributed by atoms with Crippen molar-refractivity contribution in [2.24, 2.45) is 17.0 Å². The summed E-state index contributed by atoms with van der Waals surface area (Å²) in [5, 5.41) is 35.3. The molecule has 0 aliphatic carbocycles. The molecule has 2 aromatic heterocycles. The van der Waals surface area contributed by atoms with E-state index in [1.807, 2.05) is 13.1 Å². The minimum Gasteiger partial charge on any atom is -0.456 e. The van der Waals surface area contributed by atoms with Gasteiger partial charge in [0.15, 0.2) is 0 Å². The van der Waals surface area contributed by atoms with Gasteiger partial charge in [0.05, 0.1) is 40.5 Å². The van der Waals surface area contributed by atoms with Crippen LogP contribution in [0.4, 0.5) is 5.69 Å². The van der Waals surface area contributed by atoms with Crippen molar-refractivity contribution in [1.29, 1.82) is 0 Å². The zero-order chi connectivity index (χ0) is 29.4. The molecule has 1 saturated heterocycles. The lowest BCUT2D eigenvalue weighted by molar-refractivity contribution is -0.384. The van der Waals surface area contributed by atoms with Crippen molar-refractivity contribution in [1.82, 2.24) is 14.3 Å². The number of azide groups is 1. The summed E-state index contributed by atoms with van der Waals surface area (Å²) < 4.78 is 7.38. The highest BCUT2D eigenvalue weighted by Crippen LogP contribution is 2.52. The number of carbonyl (C=O) groups is 2. The Bertz CT molecular complexity index is 1590. The number of fused-ring (bicyclic) bond motifs is 2. The Kier molecular flexibility index (Phi) is 8.02. The molecule has 0 radical (unpaired) electrons. The van der Waals surface area contributed by atoms with Crippen LogP contribution in [0.2, 0.25) is 0 Å². The third kappa shape index (κ3) is 5.27. The Hall–Kier alpha value is -3.95. The minimum atomic E-state index is -0.897. The van der Waals surface area contributed by atoms with Gasteiger partial charge in [0, 0.05) is 40.5 Å². The molecule has 214 valence electrons. The molecule has 14 nitrogen and oxygen atoms in total. The van der Waals surface area contributed by atoms with Crippen LogP contribution in [-0.4, -0.2) is 71.8 Å². The molecule has 2 aliphatic heterocycles. The van der Waals surface area contributed by atoms with Crippen molar-refractivity contribution in [3.8, 4) is 0 Å². The fourth-order valence-electron chi connectivity index (χ4n) is 5.17. The van der Waals surface area contributed by atoms with Crippen molar-refractivity contribution < 1.29 is 29.5 Å². The number of nitro benzene ring substituents is 1. The third-order valence-electron chi connectivity index (χ3n) is 7.10. The summed E-state index contributed by atoms with van der Waals surface area (Å²) >= 11 is 2.67. The molecule has 2 N–H and O–H groups in total. The number of rotatable bonds is 11. The molecule has 0 bridgehead atoms. The molecular weight excluding hydrogens is 574 g/mol. The predicted octanol–water partition coefficient (Wildman–Crippen LogP) is 3.38. The lowest BCUT2D eigenvalue weighted by Crippen LogP contribution is -2.63. The molecule has 4 heterocycles. The zero-order valence-corrected chi connectivity index (χ0v) is 23.5. The number of aliphatic hydroxyl groups is 2. The Morgan fingerprint density at radius 3 is 2.76 bits per heavy atom. The summed E-state index contributed by atoms with van der Waals surface area (Å²) in [6, 6.07) is 5.22. The maximum atomic E-state index is 13.5. The number of benzene rings is 1. The molecule has 41 heavy (non-hydrogen) atoms. The van der Waals surface area contributed by atoms with E-state index < -0.39 is 35.1 Å². The Morgan fingerprint density at radius 1 is 1.37 bits per heavy atom. The number of esters is 1. The number of hydrogen-bond donors (Lipinski definition) is 2. The van der Waals surface area contributed by atoms with Gasteiger partial charge >= 0.3 is 5.97 Å². The van der Waals surface area contributed by atoms with Crippen LogP contribution in [0.1, 0.15) is 24.3 Å². The number of aliphatic hydroxyl groups excluding tert-OH is 2. The van der Waals surface area contributed by atoms with Gasteiger partial charge in [-0.2, -0.15) is 0 Å². The molecule has 16 heteroatoms. The molecular formula is C25H25N7O7S2. The number of nitro groups is 1. The van der Waals surface area contributed by atoms with Crippen LogP contribution in [0.15, 0.2) is 52.6 Å². The summed E-state index contributed by atoms with van der Waals surface area (Å²) in [5.74, 6) is -1.75. The smallest absolute Gasteiger partial charge is 0.355 e. The van der Waals surface area contributed by atoms with E-state index in [-0.39, 0.29) is 42.1 Å². The molecule has 1 fully saturated rings. The van der Waals surface area contributed by atoms with E-state index in [0.717, 1.165) is 9.71 Å². The largest absolute Gasteiger partial charge is 0.456 e. The number of imidazole rings is 1. The topological polar surface area (TPSA) is 196 Å². The second-order valence-corrected chi connectivity index (χ2v) is 11.8. The Balaban J connectivity index is 1.44. The lowest BCUT2D eigenvalue weighted by Gasteiger charge is -2.46. The van der Waals surface area contributed by atoms with Gasteiger partial charge in [-0.1, -0.05) is 12.0 Å². The molecule has 5 atom stereocenters. The van der Waals surface area contributed by atoms with Gasteiger partial charge in [0.25, 0.3) is 5.69 Å². The maximum Gasteiger partial charge on any atom is 0.355 e. The number of thioether (sulfide) groups is 1. The molecule has 0 spiro atoms. The normalized spacial score (nSPS) is 21.3. The van der Waals surface area contributed by atoms with Crippen LogP contribution >= 0.6 is 23.1 Å². The first-order valence-corrected chi connectivity index (χ1v) is 14.4. The fraction of sp³-hybridized carbons (Fsp3) is 0.400. The summed E-state index contributed by atoms with van der Waals surface area (Å²) in [6.07, 6.45) is 1.69. The van der Waals surface area contributed by atoms with Crippen molar-refractivity contribution >= 4 is 51.1 Å². The first kappa shape index (κ1) is 28.6. The first-order valence-electron chi connectivity index (χ1n) is 12.6. The number of hydrogen-bond acceptors (Lipinski definition) is 11. The van der Waals surface area contributed by atoms with Gasteiger partial charge < -0.3 is 19.8 Å². The monoisotopic (exact) mass is 599 g/mol. The van der Waals surface area contributed by atoms with E-state index in [2.05, 4.69) is 15.0 Å². The quantitative estimate of drug-likeness (QED) is 0.0485. The third-order valence-corrected chi connectivity index (χ3v) is 9.49. The van der Waals surface area contributed by atoms with Crippen molar-refractivity contribution in [3.05, 3.63) is 73.5 Å². The molecule has 1 aromatic carbocycles. The van der Waals surface area contributed by atoms with E-state index in [1.54, 1.807) is 17.7 Å². The lowest BCUT2D eigenvalue weighted by atomic mass is 9.77. The second-order valence-electron chi connectivity index (χ2n) is 9.75. The molecule has 5 rings (SSSR count). The van der Waals surface area contributed by atoms with E-state index in [0.29, 0.717) is 16.2 Å². The number of β-lactam (4-membered cyclic amide) rings is 1. The molecule has 1 amide bonds. The minimum absolute atomic E-state index is 0.0539. The number of aromatic nitrogens is 2. The first-order chi connectivity index (χ1) is 19.6. The number of nitrogens with zero attached hydrogens (tertiary/aromatic N) is 7. The van der Waals surface area contributed by atoms with Crippen LogP contribution in [0.3, 0.4) is 0 Å². The average Bonchev–Trinajstić information content (AvgIpc) is 3.59. The van der Waals surface area contributed by atoms with Gasteiger partial charge in [-0.05, 0) is 30.2 Å². The number of thiazole rings is 1. The number of amides is 1. The Labute approximate surface area is 241 Å². The van der Waals surface area contributed by atoms with Crippen LogP contribution in [-0.2, 0) is 20.9 Å². The van der Waals surface area contributed by atoms with E-state index in [4.69, 9.17) is 10.3 Å². The highest BCUT2D eigenvalue weighted by Gasteiger charge is 2.60. The van der Waals surface area contributed by atoms with Crippen LogP contribution < -0.4 is 0 Å². The van der Waals surface area contributed by atoms with Crippen LogP contribution in [0, 0.1) is 22.0 Å². The summed E-state index contributed by atoms with van der Waals surface area (Å²) in [4.78, 5) is 46.9. The van der Waals surface area contributed by atoms with Gasteiger partial charge in [-0.15, -0.1) is 23.1 Å². The van der Waals surface area contributed by atoms with Crippen LogP contribution in [0.25, 0.3) is 20.8 Å². The fourth-order valence-corrected chi connectivity index (χ4v) is 7.39. The molecule has 2 aliphatic rings.